The predicted molar refractivity (Wildman–Crippen MR) is 75.0 cm³/mol. The van der Waals surface area contributed by atoms with E-state index in [4.69, 9.17) is 0 Å². The smallest absolute Gasteiger partial charge is 0.105 e. The van der Waals surface area contributed by atoms with Gasteiger partial charge < -0.3 is 9.67 Å². The largest absolute Gasteiger partial charge is 0.391 e. The molecule has 100 valence electrons. The van der Waals surface area contributed by atoms with Gasteiger partial charge in [0.1, 0.15) is 5.82 Å². The Hall–Kier alpha value is -1.61. The molecule has 3 atom stereocenters. The number of aromatic nitrogens is 2. The molecule has 2 aromatic rings. The first-order valence-corrected chi connectivity index (χ1v) is 6.98. The molecule has 3 nitrogen and oxygen atoms in total. The highest BCUT2D eigenvalue weighted by Crippen LogP contribution is 2.39. The Balaban J connectivity index is 1.84. The topological polar surface area (TPSA) is 38.0 Å². The van der Waals surface area contributed by atoms with Crippen molar-refractivity contribution in [3.05, 3.63) is 54.1 Å². The molecule has 1 aromatic heterocycles. The van der Waals surface area contributed by atoms with Crippen LogP contribution < -0.4 is 0 Å². The highest BCUT2D eigenvalue weighted by Gasteiger charge is 2.31. The maximum Gasteiger partial charge on any atom is 0.105 e. The third-order valence-corrected chi connectivity index (χ3v) is 4.27. The molecular formula is C16H20N2O. The van der Waals surface area contributed by atoms with Crippen molar-refractivity contribution in [2.24, 2.45) is 0 Å². The Morgan fingerprint density at radius 1 is 1.21 bits per heavy atom. The van der Waals surface area contributed by atoms with Gasteiger partial charge >= 0.3 is 0 Å². The monoisotopic (exact) mass is 256 g/mol. The number of hydrogen-bond acceptors (Lipinski definition) is 2. The molecule has 0 aliphatic heterocycles. The fourth-order valence-electron chi connectivity index (χ4n) is 3.20. The van der Waals surface area contributed by atoms with Crippen molar-refractivity contribution >= 4 is 0 Å². The lowest BCUT2D eigenvalue weighted by Crippen LogP contribution is -2.31. The number of aryl methyl sites for hydroxylation is 1. The lowest BCUT2D eigenvalue weighted by atomic mass is 9.80. The van der Waals surface area contributed by atoms with Gasteiger partial charge in [-0.05, 0) is 37.7 Å². The van der Waals surface area contributed by atoms with Crippen LogP contribution in [-0.2, 0) is 0 Å². The molecule has 0 bridgehead atoms. The molecule has 1 fully saturated rings. The fraction of sp³-hybridized carbons (Fsp3) is 0.438. The Morgan fingerprint density at radius 3 is 2.68 bits per heavy atom. The third kappa shape index (κ3) is 2.43. The maximum atomic E-state index is 10.3. The average molecular weight is 256 g/mol. The number of benzene rings is 1. The van der Waals surface area contributed by atoms with E-state index < -0.39 is 0 Å². The molecule has 3 heteroatoms. The summed E-state index contributed by atoms with van der Waals surface area (Å²) in [4.78, 5) is 4.28. The van der Waals surface area contributed by atoms with Gasteiger partial charge in [-0.1, -0.05) is 30.3 Å². The molecule has 0 radical (unpaired) electrons. The third-order valence-electron chi connectivity index (χ3n) is 4.27. The fourth-order valence-corrected chi connectivity index (χ4v) is 3.20. The molecule has 1 aliphatic carbocycles. The van der Waals surface area contributed by atoms with Crippen LogP contribution in [0.2, 0.25) is 0 Å². The van der Waals surface area contributed by atoms with Crippen molar-refractivity contribution in [3.8, 4) is 0 Å². The van der Waals surface area contributed by atoms with E-state index in [2.05, 4.69) is 39.9 Å². The summed E-state index contributed by atoms with van der Waals surface area (Å²) in [5.41, 5.74) is 1.39. The molecule has 1 saturated carbocycles. The van der Waals surface area contributed by atoms with Gasteiger partial charge in [0, 0.05) is 12.4 Å². The quantitative estimate of drug-likeness (QED) is 0.896. The van der Waals surface area contributed by atoms with Crippen molar-refractivity contribution in [2.45, 2.75) is 44.2 Å². The first-order chi connectivity index (χ1) is 9.25. The predicted octanol–water partition coefficient (Wildman–Crippen LogP) is 3.06. The number of rotatable bonds is 2. The van der Waals surface area contributed by atoms with Crippen molar-refractivity contribution < 1.29 is 5.11 Å². The van der Waals surface area contributed by atoms with Crippen LogP contribution in [0.5, 0.6) is 0 Å². The van der Waals surface area contributed by atoms with Gasteiger partial charge in [0.05, 0.1) is 12.1 Å². The van der Waals surface area contributed by atoms with Gasteiger partial charge in [-0.2, -0.15) is 0 Å². The Morgan fingerprint density at radius 2 is 2.00 bits per heavy atom. The highest BCUT2D eigenvalue weighted by atomic mass is 16.3. The van der Waals surface area contributed by atoms with E-state index in [0.29, 0.717) is 5.92 Å². The molecule has 0 spiro atoms. The van der Waals surface area contributed by atoms with E-state index in [1.807, 2.05) is 19.3 Å². The van der Waals surface area contributed by atoms with Gasteiger partial charge in [0.2, 0.25) is 0 Å². The van der Waals surface area contributed by atoms with Crippen LogP contribution in [0.1, 0.15) is 42.6 Å². The Kier molecular flexibility index (Phi) is 3.38. The minimum absolute atomic E-state index is 0.154. The van der Waals surface area contributed by atoms with Crippen LogP contribution in [0, 0.1) is 6.92 Å². The summed E-state index contributed by atoms with van der Waals surface area (Å²) >= 11 is 0. The van der Waals surface area contributed by atoms with E-state index in [1.165, 1.54) is 5.56 Å². The van der Waals surface area contributed by atoms with Crippen LogP contribution >= 0.6 is 0 Å². The molecule has 3 unspecified atom stereocenters. The molecule has 19 heavy (non-hydrogen) atoms. The molecule has 0 saturated heterocycles. The van der Waals surface area contributed by atoms with Crippen molar-refractivity contribution in [1.82, 2.24) is 9.55 Å². The SMILES string of the molecule is Cc1nccn1C1CC(c2ccccc2)CCC1O. The molecule has 1 heterocycles. The van der Waals surface area contributed by atoms with Crippen molar-refractivity contribution in [2.75, 3.05) is 0 Å². The summed E-state index contributed by atoms with van der Waals surface area (Å²) in [6, 6.07) is 10.8. The molecular weight excluding hydrogens is 236 g/mol. The first kappa shape index (κ1) is 12.4. The summed E-state index contributed by atoms with van der Waals surface area (Å²) in [5.74, 6) is 1.52. The van der Waals surface area contributed by atoms with Crippen LogP contribution in [0.4, 0.5) is 0 Å². The minimum Gasteiger partial charge on any atom is -0.391 e. The summed E-state index contributed by atoms with van der Waals surface area (Å²) in [6.45, 7) is 2.00. The zero-order valence-corrected chi connectivity index (χ0v) is 11.2. The number of hydrogen-bond donors (Lipinski definition) is 1. The Labute approximate surface area is 113 Å². The zero-order chi connectivity index (χ0) is 13.2. The van der Waals surface area contributed by atoms with Crippen LogP contribution in [0.15, 0.2) is 42.7 Å². The highest BCUT2D eigenvalue weighted by molar-refractivity contribution is 5.20. The van der Waals surface area contributed by atoms with Gasteiger partial charge in [0.15, 0.2) is 0 Å². The average Bonchev–Trinajstić information content (AvgIpc) is 2.86. The van der Waals surface area contributed by atoms with E-state index in [9.17, 15) is 5.11 Å². The van der Waals surface area contributed by atoms with Gasteiger partial charge in [-0.15, -0.1) is 0 Å². The van der Waals surface area contributed by atoms with Crippen molar-refractivity contribution in [3.63, 3.8) is 0 Å². The number of imidazole rings is 1. The second-order valence-corrected chi connectivity index (χ2v) is 5.44. The normalized spacial score (nSPS) is 27.4. The lowest BCUT2D eigenvalue weighted by Gasteiger charge is -2.35. The van der Waals surface area contributed by atoms with Crippen LogP contribution in [-0.4, -0.2) is 20.8 Å². The summed E-state index contributed by atoms with van der Waals surface area (Å²) < 4.78 is 2.12. The molecule has 3 rings (SSSR count). The van der Waals surface area contributed by atoms with E-state index in [1.54, 1.807) is 0 Å². The molecule has 0 amide bonds. The maximum absolute atomic E-state index is 10.3. The van der Waals surface area contributed by atoms with Gasteiger partial charge in [-0.25, -0.2) is 4.98 Å². The van der Waals surface area contributed by atoms with E-state index in [-0.39, 0.29) is 12.1 Å². The molecule has 1 N–H and O–H groups in total. The second-order valence-electron chi connectivity index (χ2n) is 5.44. The van der Waals surface area contributed by atoms with Crippen LogP contribution in [0.3, 0.4) is 0 Å². The molecule has 1 aromatic carbocycles. The standard InChI is InChI=1S/C16H20N2O/c1-12-17-9-10-18(12)15-11-14(7-8-16(15)19)13-5-3-2-4-6-13/h2-6,9-10,14-16,19H,7-8,11H2,1H3. The summed E-state index contributed by atoms with van der Waals surface area (Å²) in [7, 11) is 0. The number of aliphatic hydroxyl groups excluding tert-OH is 1. The minimum atomic E-state index is -0.257. The zero-order valence-electron chi connectivity index (χ0n) is 11.2. The lowest BCUT2D eigenvalue weighted by molar-refractivity contribution is 0.0666. The van der Waals surface area contributed by atoms with E-state index >= 15 is 0 Å². The number of nitrogens with zero attached hydrogens (tertiary/aromatic N) is 2. The summed E-state index contributed by atoms with van der Waals surface area (Å²) in [6.07, 6.45) is 6.46. The van der Waals surface area contributed by atoms with Gasteiger partial charge in [-0.3, -0.25) is 0 Å². The van der Waals surface area contributed by atoms with Crippen molar-refractivity contribution in [1.29, 1.82) is 0 Å². The van der Waals surface area contributed by atoms with Gasteiger partial charge in [0.25, 0.3) is 0 Å². The first-order valence-electron chi connectivity index (χ1n) is 6.98. The second kappa shape index (κ2) is 5.17. The Bertz CT molecular complexity index is 535. The van der Waals surface area contributed by atoms with E-state index in [0.717, 1.165) is 25.1 Å². The van der Waals surface area contributed by atoms with Crippen LogP contribution in [0.25, 0.3) is 0 Å². The number of aliphatic hydroxyl groups is 1. The summed E-state index contributed by atoms with van der Waals surface area (Å²) in [5, 5.41) is 10.3. The molecule has 1 aliphatic rings.